The summed E-state index contributed by atoms with van der Waals surface area (Å²) in [6, 6.07) is 5.69. The van der Waals surface area contributed by atoms with Crippen molar-refractivity contribution in [1.29, 1.82) is 0 Å². The molecule has 1 nitrogen and oxygen atoms in total. The first-order chi connectivity index (χ1) is 5.75. The van der Waals surface area contributed by atoms with Gasteiger partial charge in [0.2, 0.25) is 0 Å². The number of phenols is 1. The first-order valence-electron chi connectivity index (χ1n) is 4.09. The summed E-state index contributed by atoms with van der Waals surface area (Å²) in [6.07, 6.45) is 2.15. The Kier molecular flexibility index (Phi) is 3.60. The lowest BCUT2D eigenvalue weighted by molar-refractivity contribution is 0.470. The van der Waals surface area contributed by atoms with Gasteiger partial charge in [-0.15, -0.1) is 0 Å². The van der Waals surface area contributed by atoms with Crippen LogP contribution in [0.15, 0.2) is 18.2 Å². The Balaban J connectivity index is 2.78. The first-order valence-corrected chi connectivity index (χ1v) is 5.21. The minimum Gasteiger partial charge on any atom is -0.508 e. The average Bonchev–Trinajstić information content (AvgIpc) is 2.08. The van der Waals surface area contributed by atoms with Gasteiger partial charge in [0, 0.05) is 5.33 Å². The number of rotatable bonds is 3. The van der Waals surface area contributed by atoms with Crippen molar-refractivity contribution in [2.75, 3.05) is 5.33 Å². The van der Waals surface area contributed by atoms with E-state index in [0.717, 1.165) is 23.7 Å². The maximum atomic E-state index is 9.39. The number of alkyl halides is 1. The molecule has 0 aliphatic heterocycles. The summed E-state index contributed by atoms with van der Waals surface area (Å²) in [5, 5.41) is 10.4. The van der Waals surface area contributed by atoms with Gasteiger partial charge in [0.15, 0.2) is 0 Å². The molecule has 12 heavy (non-hydrogen) atoms. The number of hydrogen-bond donors (Lipinski definition) is 1. The standard InChI is InChI=1S/C10H13BrO/c1-8-9(5-3-7-11)4-2-6-10(8)12/h2,4,6,12H,3,5,7H2,1H3. The van der Waals surface area contributed by atoms with Gasteiger partial charge in [-0.05, 0) is 37.0 Å². The molecule has 0 saturated heterocycles. The summed E-state index contributed by atoms with van der Waals surface area (Å²) in [6.45, 7) is 1.96. The van der Waals surface area contributed by atoms with Crippen LogP contribution in [0.4, 0.5) is 0 Å². The van der Waals surface area contributed by atoms with Crippen LogP contribution in [0.2, 0.25) is 0 Å². The van der Waals surface area contributed by atoms with E-state index in [1.807, 2.05) is 13.0 Å². The summed E-state index contributed by atoms with van der Waals surface area (Å²) in [5.74, 6) is 0.405. The number of aromatic hydroxyl groups is 1. The Morgan fingerprint density at radius 1 is 1.42 bits per heavy atom. The molecule has 1 rings (SSSR count). The zero-order valence-electron chi connectivity index (χ0n) is 7.18. The summed E-state index contributed by atoms with van der Waals surface area (Å²) in [4.78, 5) is 0. The second-order valence-corrected chi connectivity index (χ2v) is 3.65. The molecule has 0 aliphatic carbocycles. The molecule has 0 saturated carbocycles. The number of benzene rings is 1. The molecule has 0 radical (unpaired) electrons. The van der Waals surface area contributed by atoms with Crippen molar-refractivity contribution in [3.8, 4) is 5.75 Å². The van der Waals surface area contributed by atoms with Gasteiger partial charge in [-0.25, -0.2) is 0 Å². The van der Waals surface area contributed by atoms with Crippen LogP contribution in [0.1, 0.15) is 17.5 Å². The van der Waals surface area contributed by atoms with Crippen LogP contribution in [0, 0.1) is 6.92 Å². The monoisotopic (exact) mass is 228 g/mol. The van der Waals surface area contributed by atoms with Gasteiger partial charge in [-0.2, -0.15) is 0 Å². The molecule has 0 atom stereocenters. The third-order valence-electron chi connectivity index (χ3n) is 2.00. The van der Waals surface area contributed by atoms with E-state index in [2.05, 4.69) is 22.0 Å². The van der Waals surface area contributed by atoms with E-state index < -0.39 is 0 Å². The van der Waals surface area contributed by atoms with Gasteiger partial charge >= 0.3 is 0 Å². The fraction of sp³-hybridized carbons (Fsp3) is 0.400. The number of phenolic OH excluding ortho intramolecular Hbond substituents is 1. The highest BCUT2D eigenvalue weighted by Crippen LogP contribution is 2.20. The molecule has 1 aromatic rings. The minimum atomic E-state index is 0.405. The van der Waals surface area contributed by atoms with Crippen LogP contribution in [0.5, 0.6) is 5.75 Å². The average molecular weight is 229 g/mol. The van der Waals surface area contributed by atoms with E-state index >= 15 is 0 Å². The molecule has 0 heterocycles. The SMILES string of the molecule is Cc1c(O)cccc1CCCBr. The second-order valence-electron chi connectivity index (χ2n) is 2.85. The van der Waals surface area contributed by atoms with Crippen LogP contribution >= 0.6 is 15.9 Å². The number of halogens is 1. The van der Waals surface area contributed by atoms with Crippen LogP contribution in [-0.4, -0.2) is 10.4 Å². The fourth-order valence-corrected chi connectivity index (χ4v) is 1.48. The van der Waals surface area contributed by atoms with E-state index in [0.29, 0.717) is 5.75 Å². The van der Waals surface area contributed by atoms with Crippen molar-refractivity contribution >= 4 is 15.9 Å². The van der Waals surface area contributed by atoms with E-state index in [-0.39, 0.29) is 0 Å². The first kappa shape index (κ1) is 9.59. The summed E-state index contributed by atoms with van der Waals surface area (Å²) in [5.41, 5.74) is 2.26. The smallest absolute Gasteiger partial charge is 0.118 e. The molecular formula is C10H13BrO. The van der Waals surface area contributed by atoms with Crippen molar-refractivity contribution in [2.24, 2.45) is 0 Å². The Bertz CT molecular complexity index is 258. The zero-order chi connectivity index (χ0) is 8.97. The van der Waals surface area contributed by atoms with Crippen LogP contribution in [0.3, 0.4) is 0 Å². The number of aryl methyl sites for hydroxylation is 1. The minimum absolute atomic E-state index is 0.405. The molecular weight excluding hydrogens is 216 g/mol. The van der Waals surface area contributed by atoms with Gasteiger partial charge in [0.25, 0.3) is 0 Å². The predicted octanol–water partition coefficient (Wildman–Crippen LogP) is 3.03. The van der Waals surface area contributed by atoms with Crippen LogP contribution in [0.25, 0.3) is 0 Å². The molecule has 0 amide bonds. The van der Waals surface area contributed by atoms with Crippen molar-refractivity contribution in [3.05, 3.63) is 29.3 Å². The lowest BCUT2D eigenvalue weighted by atomic mass is 10.0. The quantitative estimate of drug-likeness (QED) is 0.790. The molecule has 2 heteroatoms. The Morgan fingerprint density at radius 2 is 2.17 bits per heavy atom. The molecule has 0 fully saturated rings. The zero-order valence-corrected chi connectivity index (χ0v) is 8.76. The van der Waals surface area contributed by atoms with Crippen molar-refractivity contribution in [3.63, 3.8) is 0 Å². The summed E-state index contributed by atoms with van der Waals surface area (Å²) in [7, 11) is 0. The second kappa shape index (κ2) is 4.51. The van der Waals surface area contributed by atoms with E-state index in [1.54, 1.807) is 6.07 Å². The molecule has 0 unspecified atom stereocenters. The molecule has 66 valence electrons. The van der Waals surface area contributed by atoms with E-state index in [4.69, 9.17) is 0 Å². The summed E-state index contributed by atoms with van der Waals surface area (Å²) < 4.78 is 0. The van der Waals surface area contributed by atoms with Crippen LogP contribution < -0.4 is 0 Å². The van der Waals surface area contributed by atoms with Gasteiger partial charge in [0.1, 0.15) is 5.75 Å². The normalized spacial score (nSPS) is 10.2. The van der Waals surface area contributed by atoms with Crippen molar-refractivity contribution in [1.82, 2.24) is 0 Å². The summed E-state index contributed by atoms with van der Waals surface area (Å²) >= 11 is 3.39. The third-order valence-corrected chi connectivity index (χ3v) is 2.56. The van der Waals surface area contributed by atoms with Gasteiger partial charge in [0.05, 0.1) is 0 Å². The molecule has 1 N–H and O–H groups in total. The fourth-order valence-electron chi connectivity index (χ4n) is 1.20. The highest BCUT2D eigenvalue weighted by Gasteiger charge is 2.00. The number of hydrogen-bond acceptors (Lipinski definition) is 1. The molecule has 0 bridgehead atoms. The van der Waals surface area contributed by atoms with Crippen LogP contribution in [-0.2, 0) is 6.42 Å². The van der Waals surface area contributed by atoms with Gasteiger partial charge in [-0.1, -0.05) is 28.1 Å². The molecule has 0 aromatic heterocycles. The van der Waals surface area contributed by atoms with Gasteiger partial charge in [-0.3, -0.25) is 0 Å². The molecule has 1 aromatic carbocycles. The maximum absolute atomic E-state index is 9.39. The van der Waals surface area contributed by atoms with Crippen molar-refractivity contribution < 1.29 is 5.11 Å². The lowest BCUT2D eigenvalue weighted by Crippen LogP contribution is -1.90. The van der Waals surface area contributed by atoms with Crippen molar-refractivity contribution in [2.45, 2.75) is 19.8 Å². The Labute approximate surface area is 81.6 Å². The van der Waals surface area contributed by atoms with E-state index in [9.17, 15) is 5.11 Å². The highest BCUT2D eigenvalue weighted by molar-refractivity contribution is 9.09. The third kappa shape index (κ3) is 2.24. The molecule has 0 aliphatic rings. The maximum Gasteiger partial charge on any atom is 0.118 e. The lowest BCUT2D eigenvalue weighted by Gasteiger charge is -2.05. The Morgan fingerprint density at radius 3 is 2.83 bits per heavy atom. The topological polar surface area (TPSA) is 20.2 Å². The predicted molar refractivity (Wildman–Crippen MR) is 55.0 cm³/mol. The van der Waals surface area contributed by atoms with E-state index in [1.165, 1.54) is 5.56 Å². The van der Waals surface area contributed by atoms with Gasteiger partial charge < -0.3 is 5.11 Å². The highest BCUT2D eigenvalue weighted by atomic mass is 79.9. The Hall–Kier alpha value is -0.500. The molecule has 0 spiro atoms. The largest absolute Gasteiger partial charge is 0.508 e.